The van der Waals surface area contributed by atoms with Crippen molar-refractivity contribution in [1.29, 1.82) is 0 Å². The zero-order valence-electron chi connectivity index (χ0n) is 18.0. The number of hydroxylamine groups is 1. The van der Waals surface area contributed by atoms with Gasteiger partial charge in [-0.05, 0) is 56.5 Å². The van der Waals surface area contributed by atoms with E-state index >= 15 is 0 Å². The summed E-state index contributed by atoms with van der Waals surface area (Å²) >= 11 is 6.23. The van der Waals surface area contributed by atoms with Crippen molar-refractivity contribution in [3.05, 3.63) is 52.0 Å². The Morgan fingerprint density at radius 1 is 1.19 bits per heavy atom. The van der Waals surface area contributed by atoms with Gasteiger partial charge >= 0.3 is 0 Å². The monoisotopic (exact) mass is 440 g/mol. The van der Waals surface area contributed by atoms with Crippen molar-refractivity contribution in [2.75, 3.05) is 37.8 Å². The molecule has 0 fully saturated rings. The van der Waals surface area contributed by atoms with E-state index in [0.29, 0.717) is 18.9 Å². The second kappa shape index (κ2) is 9.03. The predicted octanol–water partition coefficient (Wildman–Crippen LogP) is 3.55. The van der Waals surface area contributed by atoms with Crippen LogP contribution in [0.15, 0.2) is 35.0 Å². The molecule has 0 unspecified atom stereocenters. The number of aromatic nitrogens is 3. The summed E-state index contributed by atoms with van der Waals surface area (Å²) in [5.74, 6) is 1.32. The smallest absolute Gasteiger partial charge is 0.235 e. The van der Waals surface area contributed by atoms with Crippen LogP contribution in [0.5, 0.6) is 0 Å². The fourth-order valence-corrected chi connectivity index (χ4v) is 3.77. The van der Waals surface area contributed by atoms with Gasteiger partial charge in [0.25, 0.3) is 0 Å². The normalized spacial score (nSPS) is 15.6. The van der Waals surface area contributed by atoms with Gasteiger partial charge in [0, 0.05) is 36.3 Å². The lowest BCUT2D eigenvalue weighted by Gasteiger charge is -2.13. The SMILES string of the molecule is Cc1nc(NCCN(C)C)ccc1Nc1ncc2c(n1)C=C1C=C(Cl)CCC1=[N+](O)C2. The molecule has 0 saturated carbocycles. The summed E-state index contributed by atoms with van der Waals surface area (Å²) in [6.07, 6.45) is 7.02. The van der Waals surface area contributed by atoms with Gasteiger partial charge in [-0.15, -0.1) is 0 Å². The second-order valence-corrected chi connectivity index (χ2v) is 8.47. The molecule has 0 saturated heterocycles. The summed E-state index contributed by atoms with van der Waals surface area (Å²) in [5.41, 5.74) is 5.04. The number of aryl methyl sites for hydroxylation is 1. The molecular weight excluding hydrogens is 414 g/mol. The molecule has 0 radical (unpaired) electrons. The van der Waals surface area contributed by atoms with Gasteiger partial charge in [-0.3, -0.25) is 5.21 Å². The number of allylic oxidation sites excluding steroid dienone is 3. The molecule has 0 aromatic carbocycles. The third-order valence-electron chi connectivity index (χ3n) is 5.27. The van der Waals surface area contributed by atoms with Crippen LogP contribution < -0.4 is 10.6 Å². The van der Waals surface area contributed by atoms with Gasteiger partial charge in [-0.25, -0.2) is 15.0 Å². The van der Waals surface area contributed by atoms with E-state index in [1.165, 1.54) is 4.74 Å². The number of hydrogen-bond acceptors (Lipinski definition) is 7. The maximum absolute atomic E-state index is 10.5. The Labute approximate surface area is 187 Å². The molecule has 2 aromatic heterocycles. The maximum atomic E-state index is 10.5. The lowest BCUT2D eigenvalue weighted by atomic mass is 9.98. The molecule has 2 aromatic rings. The van der Waals surface area contributed by atoms with Crippen LogP contribution in [-0.4, -0.2) is 62.7 Å². The Morgan fingerprint density at radius 2 is 2.03 bits per heavy atom. The molecule has 0 amide bonds. The lowest BCUT2D eigenvalue weighted by Crippen LogP contribution is -2.21. The number of fused-ring (bicyclic) bond motifs is 2. The van der Waals surface area contributed by atoms with Crippen LogP contribution in [0.4, 0.5) is 17.5 Å². The zero-order valence-corrected chi connectivity index (χ0v) is 18.7. The van der Waals surface area contributed by atoms with Gasteiger partial charge in [0.05, 0.1) is 22.6 Å². The van der Waals surface area contributed by atoms with Gasteiger partial charge in [-0.1, -0.05) is 11.6 Å². The minimum absolute atomic E-state index is 0.338. The molecular formula is C22H27ClN7O+. The molecule has 31 heavy (non-hydrogen) atoms. The van der Waals surface area contributed by atoms with Crippen LogP contribution in [-0.2, 0) is 6.54 Å². The topological polar surface area (TPSA) is 89.2 Å². The minimum Gasteiger partial charge on any atom is -0.369 e. The van der Waals surface area contributed by atoms with E-state index in [-0.39, 0.29) is 0 Å². The first-order valence-electron chi connectivity index (χ1n) is 10.3. The predicted molar refractivity (Wildman–Crippen MR) is 123 cm³/mol. The van der Waals surface area contributed by atoms with Gasteiger partial charge in [-0.2, -0.15) is 0 Å². The summed E-state index contributed by atoms with van der Waals surface area (Å²) in [7, 11) is 4.08. The Balaban J connectivity index is 1.54. The molecule has 162 valence electrons. The molecule has 3 N–H and O–H groups in total. The number of anilines is 3. The van der Waals surface area contributed by atoms with Crippen molar-refractivity contribution in [3.8, 4) is 0 Å². The van der Waals surface area contributed by atoms with Gasteiger partial charge in [0.2, 0.25) is 18.2 Å². The van der Waals surface area contributed by atoms with Crippen LogP contribution in [0.25, 0.3) is 6.08 Å². The molecule has 0 bridgehead atoms. The first-order valence-corrected chi connectivity index (χ1v) is 10.7. The Morgan fingerprint density at radius 3 is 2.81 bits per heavy atom. The highest BCUT2D eigenvalue weighted by molar-refractivity contribution is 6.31. The Kier molecular flexibility index (Phi) is 6.20. The van der Waals surface area contributed by atoms with Crippen molar-refractivity contribution in [2.24, 2.45) is 0 Å². The Bertz CT molecular complexity index is 1090. The molecule has 9 heteroatoms. The standard InChI is InChI=1S/C22H26ClN7O/c1-14-18(5-7-21(26-14)24-8-9-29(2)3)27-22-25-12-16-13-30(31)20-6-4-17(23)10-15(20)11-19(16)28-22/h5,7,10-12,31H,4,6,8-9,13H2,1-3H3,(H,25,28)/p+1. The third-order valence-corrected chi connectivity index (χ3v) is 5.56. The van der Waals surface area contributed by atoms with Gasteiger partial charge < -0.3 is 15.5 Å². The quantitative estimate of drug-likeness (QED) is 0.467. The van der Waals surface area contributed by atoms with Crippen LogP contribution >= 0.6 is 11.6 Å². The van der Waals surface area contributed by atoms with E-state index in [1.54, 1.807) is 6.20 Å². The molecule has 1 aliphatic carbocycles. The van der Waals surface area contributed by atoms with Crippen LogP contribution in [0.3, 0.4) is 0 Å². The van der Waals surface area contributed by atoms with E-state index in [9.17, 15) is 5.21 Å². The fraction of sp³-hybridized carbons (Fsp3) is 0.364. The first kappa shape index (κ1) is 21.3. The van der Waals surface area contributed by atoms with E-state index < -0.39 is 0 Å². The van der Waals surface area contributed by atoms with Crippen molar-refractivity contribution in [1.82, 2.24) is 19.9 Å². The number of rotatable bonds is 6. The van der Waals surface area contributed by atoms with Crippen LogP contribution in [0.1, 0.15) is 29.8 Å². The lowest BCUT2D eigenvalue weighted by molar-refractivity contribution is -0.787. The molecule has 3 heterocycles. The summed E-state index contributed by atoms with van der Waals surface area (Å²) in [6.45, 7) is 4.05. The first-order chi connectivity index (χ1) is 14.9. The number of nitrogens with one attached hydrogen (secondary N) is 2. The van der Waals surface area contributed by atoms with Gasteiger partial charge in [0.1, 0.15) is 5.82 Å². The minimum atomic E-state index is 0.338. The molecule has 0 spiro atoms. The van der Waals surface area contributed by atoms with Gasteiger partial charge in [0.15, 0.2) is 0 Å². The number of likely N-dealkylation sites (N-methyl/N-ethyl adjacent to an activating group) is 1. The summed E-state index contributed by atoms with van der Waals surface area (Å²) in [4.78, 5) is 15.9. The summed E-state index contributed by atoms with van der Waals surface area (Å²) < 4.78 is 1.27. The summed E-state index contributed by atoms with van der Waals surface area (Å²) in [5, 5.41) is 17.8. The van der Waals surface area contributed by atoms with E-state index in [2.05, 4.69) is 30.5 Å². The van der Waals surface area contributed by atoms with E-state index in [0.717, 1.165) is 64.3 Å². The fourth-order valence-electron chi connectivity index (χ4n) is 3.56. The second-order valence-electron chi connectivity index (χ2n) is 7.98. The highest BCUT2D eigenvalue weighted by Crippen LogP contribution is 2.28. The number of nitrogens with zero attached hydrogens (tertiary/aromatic N) is 5. The van der Waals surface area contributed by atoms with Crippen molar-refractivity contribution >= 4 is 40.8 Å². The van der Waals surface area contributed by atoms with Crippen LogP contribution in [0.2, 0.25) is 0 Å². The van der Waals surface area contributed by atoms with E-state index in [4.69, 9.17) is 11.6 Å². The number of pyridine rings is 1. The van der Waals surface area contributed by atoms with E-state index in [1.807, 2.05) is 45.3 Å². The average molecular weight is 441 g/mol. The van der Waals surface area contributed by atoms with Crippen molar-refractivity contribution in [3.63, 3.8) is 0 Å². The molecule has 2 aliphatic rings. The zero-order chi connectivity index (χ0) is 22.0. The Hall–Kier alpha value is -2.97. The third kappa shape index (κ3) is 5.03. The summed E-state index contributed by atoms with van der Waals surface area (Å²) in [6, 6.07) is 3.91. The molecule has 1 aliphatic heterocycles. The molecule has 8 nitrogen and oxygen atoms in total. The largest absolute Gasteiger partial charge is 0.369 e. The van der Waals surface area contributed by atoms with Crippen LogP contribution in [0, 0.1) is 6.92 Å². The highest BCUT2D eigenvalue weighted by Gasteiger charge is 2.28. The van der Waals surface area contributed by atoms with Crippen molar-refractivity contribution < 1.29 is 9.95 Å². The molecule has 0 atom stereocenters. The average Bonchev–Trinajstić information content (AvgIpc) is 2.84. The number of halogens is 1. The molecule has 4 rings (SSSR count). The maximum Gasteiger partial charge on any atom is 0.235 e. The number of hydrogen-bond donors (Lipinski definition) is 3. The highest BCUT2D eigenvalue weighted by atomic mass is 35.5. The van der Waals surface area contributed by atoms with Crippen molar-refractivity contribution in [2.45, 2.75) is 26.3 Å².